The fourth-order valence-electron chi connectivity index (χ4n) is 3.06. The highest BCUT2D eigenvalue weighted by atomic mass is 19.1. The Morgan fingerprint density at radius 2 is 1.96 bits per heavy atom. The summed E-state index contributed by atoms with van der Waals surface area (Å²) in [5, 5.41) is 0. The number of nitrogens with zero attached hydrogens (tertiary/aromatic N) is 3. The summed E-state index contributed by atoms with van der Waals surface area (Å²) in [6.07, 6.45) is 7.80. The minimum absolute atomic E-state index is 0.0833. The molecule has 1 aliphatic carbocycles. The van der Waals surface area contributed by atoms with Gasteiger partial charge in [-0.15, -0.1) is 0 Å². The van der Waals surface area contributed by atoms with Gasteiger partial charge in [0.05, 0.1) is 11.8 Å². The zero-order valence-electron chi connectivity index (χ0n) is 14.8. The van der Waals surface area contributed by atoms with Crippen LogP contribution < -0.4 is 0 Å². The standard InChI is InChI=1S/C21H20FN3O2/c22-18-4-2-1-3-17(18)19-13-24-20(27-19)7-8-21(26)25(16-5-6-16)14-15-9-11-23-12-10-15/h1-4,9-13,16H,5-8,14H2. The number of carbonyl (C=O) groups is 1. The molecule has 2 aromatic heterocycles. The molecule has 1 amide bonds. The maximum absolute atomic E-state index is 13.9. The molecule has 0 atom stereocenters. The molecule has 0 N–H and O–H groups in total. The van der Waals surface area contributed by atoms with Crippen molar-refractivity contribution in [2.75, 3.05) is 0 Å². The second-order valence-corrected chi connectivity index (χ2v) is 6.71. The van der Waals surface area contributed by atoms with Gasteiger partial charge in [-0.1, -0.05) is 12.1 Å². The lowest BCUT2D eigenvalue weighted by Gasteiger charge is -2.22. The number of oxazole rings is 1. The number of carbonyl (C=O) groups excluding carboxylic acids is 1. The molecule has 0 aliphatic heterocycles. The summed E-state index contributed by atoms with van der Waals surface area (Å²) in [4.78, 5) is 22.9. The number of hydrogen-bond donors (Lipinski definition) is 0. The van der Waals surface area contributed by atoms with Crippen molar-refractivity contribution in [2.24, 2.45) is 0 Å². The van der Waals surface area contributed by atoms with E-state index in [2.05, 4.69) is 9.97 Å². The summed E-state index contributed by atoms with van der Waals surface area (Å²) in [5.74, 6) is 0.557. The summed E-state index contributed by atoms with van der Waals surface area (Å²) < 4.78 is 19.5. The molecule has 4 rings (SSSR count). The van der Waals surface area contributed by atoms with Crippen molar-refractivity contribution in [3.8, 4) is 11.3 Å². The SMILES string of the molecule is O=C(CCc1ncc(-c2ccccc2F)o1)N(Cc1ccncc1)C1CC1. The number of halogens is 1. The van der Waals surface area contributed by atoms with Crippen LogP contribution in [0.2, 0.25) is 0 Å². The van der Waals surface area contributed by atoms with Crippen molar-refractivity contribution in [3.63, 3.8) is 0 Å². The summed E-state index contributed by atoms with van der Waals surface area (Å²) in [6, 6.07) is 10.6. The van der Waals surface area contributed by atoms with Gasteiger partial charge >= 0.3 is 0 Å². The molecule has 138 valence electrons. The molecule has 0 radical (unpaired) electrons. The van der Waals surface area contributed by atoms with Crippen LogP contribution in [-0.2, 0) is 17.8 Å². The van der Waals surface area contributed by atoms with E-state index in [4.69, 9.17) is 4.42 Å². The molecular weight excluding hydrogens is 345 g/mol. The second kappa shape index (κ2) is 7.70. The molecule has 6 heteroatoms. The first-order valence-electron chi connectivity index (χ1n) is 9.08. The monoisotopic (exact) mass is 365 g/mol. The van der Waals surface area contributed by atoms with Crippen LogP contribution in [0.25, 0.3) is 11.3 Å². The van der Waals surface area contributed by atoms with E-state index in [1.807, 2.05) is 17.0 Å². The highest BCUT2D eigenvalue weighted by Gasteiger charge is 2.32. The molecule has 5 nitrogen and oxygen atoms in total. The van der Waals surface area contributed by atoms with Crippen molar-refractivity contribution < 1.29 is 13.6 Å². The minimum atomic E-state index is -0.353. The number of benzene rings is 1. The van der Waals surface area contributed by atoms with Crippen LogP contribution in [0.1, 0.15) is 30.7 Å². The Labute approximate surface area is 156 Å². The van der Waals surface area contributed by atoms with E-state index in [1.165, 1.54) is 12.3 Å². The van der Waals surface area contributed by atoms with E-state index in [1.54, 1.807) is 30.6 Å². The zero-order valence-corrected chi connectivity index (χ0v) is 14.8. The quantitative estimate of drug-likeness (QED) is 0.635. The van der Waals surface area contributed by atoms with Gasteiger partial charge < -0.3 is 9.32 Å². The molecule has 2 heterocycles. The smallest absolute Gasteiger partial charge is 0.223 e. The first kappa shape index (κ1) is 17.4. The molecule has 3 aromatic rings. The Balaban J connectivity index is 1.39. The zero-order chi connectivity index (χ0) is 18.6. The minimum Gasteiger partial charge on any atom is -0.441 e. The van der Waals surface area contributed by atoms with Gasteiger partial charge in [0.1, 0.15) is 5.82 Å². The van der Waals surface area contributed by atoms with Gasteiger partial charge in [-0.3, -0.25) is 9.78 Å². The van der Waals surface area contributed by atoms with Gasteiger partial charge in [0.15, 0.2) is 11.7 Å². The Morgan fingerprint density at radius 1 is 1.19 bits per heavy atom. The molecule has 27 heavy (non-hydrogen) atoms. The maximum atomic E-state index is 13.9. The highest BCUT2D eigenvalue weighted by molar-refractivity contribution is 5.77. The number of aromatic nitrogens is 2. The molecule has 0 bridgehead atoms. The third-order valence-corrected chi connectivity index (χ3v) is 4.66. The van der Waals surface area contributed by atoms with Gasteiger partial charge in [0, 0.05) is 37.8 Å². The van der Waals surface area contributed by atoms with Crippen molar-refractivity contribution in [1.82, 2.24) is 14.9 Å². The largest absolute Gasteiger partial charge is 0.441 e. The maximum Gasteiger partial charge on any atom is 0.223 e. The van der Waals surface area contributed by atoms with E-state index in [9.17, 15) is 9.18 Å². The van der Waals surface area contributed by atoms with Crippen LogP contribution in [0.5, 0.6) is 0 Å². The fourth-order valence-corrected chi connectivity index (χ4v) is 3.06. The summed E-state index contributed by atoms with van der Waals surface area (Å²) in [5.41, 5.74) is 1.45. The lowest BCUT2D eigenvalue weighted by atomic mass is 10.2. The van der Waals surface area contributed by atoms with Gasteiger partial charge in [-0.25, -0.2) is 9.37 Å². The topological polar surface area (TPSA) is 59.2 Å². The second-order valence-electron chi connectivity index (χ2n) is 6.71. The van der Waals surface area contributed by atoms with Crippen molar-refractivity contribution in [2.45, 2.75) is 38.3 Å². The predicted molar refractivity (Wildman–Crippen MR) is 98.0 cm³/mol. The molecule has 0 spiro atoms. The fraction of sp³-hybridized carbons (Fsp3) is 0.286. The van der Waals surface area contributed by atoms with Gasteiger partial charge in [-0.2, -0.15) is 0 Å². The van der Waals surface area contributed by atoms with E-state index in [0.29, 0.717) is 42.6 Å². The van der Waals surface area contributed by atoms with Crippen molar-refractivity contribution >= 4 is 5.91 Å². The number of hydrogen-bond acceptors (Lipinski definition) is 4. The van der Waals surface area contributed by atoms with Crippen LogP contribution in [0.3, 0.4) is 0 Å². The first-order valence-corrected chi connectivity index (χ1v) is 9.08. The van der Waals surface area contributed by atoms with Crippen LogP contribution in [0.15, 0.2) is 59.4 Å². The predicted octanol–water partition coefficient (Wildman–Crippen LogP) is 4.00. The van der Waals surface area contributed by atoms with Crippen LogP contribution in [-0.4, -0.2) is 26.8 Å². The summed E-state index contributed by atoms with van der Waals surface area (Å²) in [7, 11) is 0. The Hall–Kier alpha value is -3.02. The molecule has 1 aromatic carbocycles. The molecule has 0 saturated heterocycles. The summed E-state index contributed by atoms with van der Waals surface area (Å²) >= 11 is 0. The van der Waals surface area contributed by atoms with Crippen molar-refractivity contribution in [1.29, 1.82) is 0 Å². The van der Waals surface area contributed by atoms with E-state index >= 15 is 0 Å². The number of amides is 1. The van der Waals surface area contributed by atoms with E-state index in [-0.39, 0.29) is 11.7 Å². The molecule has 1 saturated carbocycles. The number of pyridine rings is 1. The Bertz CT molecular complexity index is 922. The average Bonchev–Trinajstić information content (AvgIpc) is 3.43. The number of aryl methyl sites for hydroxylation is 1. The lowest BCUT2D eigenvalue weighted by Crippen LogP contribution is -2.32. The highest BCUT2D eigenvalue weighted by Crippen LogP contribution is 2.29. The Morgan fingerprint density at radius 3 is 2.70 bits per heavy atom. The van der Waals surface area contributed by atoms with E-state index in [0.717, 1.165) is 18.4 Å². The summed E-state index contributed by atoms with van der Waals surface area (Å²) in [6.45, 7) is 0.595. The van der Waals surface area contributed by atoms with Gasteiger partial charge in [0.2, 0.25) is 5.91 Å². The normalized spacial score (nSPS) is 13.5. The molecule has 1 fully saturated rings. The van der Waals surface area contributed by atoms with Gasteiger partial charge in [0.25, 0.3) is 0 Å². The van der Waals surface area contributed by atoms with Crippen LogP contribution in [0.4, 0.5) is 4.39 Å². The lowest BCUT2D eigenvalue weighted by molar-refractivity contribution is -0.132. The first-order chi connectivity index (χ1) is 13.2. The van der Waals surface area contributed by atoms with Crippen molar-refractivity contribution in [3.05, 3.63) is 72.3 Å². The Kier molecular flexibility index (Phi) is 4.96. The number of rotatable bonds is 7. The molecule has 0 unspecified atom stereocenters. The van der Waals surface area contributed by atoms with Gasteiger partial charge in [-0.05, 0) is 42.7 Å². The molecular formula is C21H20FN3O2. The third-order valence-electron chi connectivity index (χ3n) is 4.66. The van der Waals surface area contributed by atoms with E-state index < -0.39 is 0 Å². The van der Waals surface area contributed by atoms with Crippen LogP contribution in [0, 0.1) is 5.82 Å². The average molecular weight is 365 g/mol. The molecule has 1 aliphatic rings. The van der Waals surface area contributed by atoms with Crippen LogP contribution >= 0.6 is 0 Å². The third kappa shape index (κ3) is 4.22.